The third kappa shape index (κ3) is 3.32. The Kier molecular flexibility index (Phi) is 4.38. The summed E-state index contributed by atoms with van der Waals surface area (Å²) in [6.45, 7) is 0. The Hall–Kier alpha value is -2.25. The fourth-order valence-corrected chi connectivity index (χ4v) is 3.51. The summed E-state index contributed by atoms with van der Waals surface area (Å²) in [5, 5.41) is 28.4. The van der Waals surface area contributed by atoms with Crippen molar-refractivity contribution in [1.82, 2.24) is 0 Å². The van der Waals surface area contributed by atoms with Crippen LogP contribution in [0.3, 0.4) is 0 Å². The number of azo groups is 1. The Morgan fingerprint density at radius 1 is 1.17 bits per heavy atom. The van der Waals surface area contributed by atoms with E-state index in [0.717, 1.165) is 17.4 Å². The Bertz CT molecular complexity index is 868. The molecule has 3 atom stereocenters. The van der Waals surface area contributed by atoms with Crippen LogP contribution in [0.15, 0.2) is 63.4 Å². The van der Waals surface area contributed by atoms with Crippen LogP contribution in [0.1, 0.15) is 23.6 Å². The Morgan fingerprint density at radius 3 is 2.67 bits per heavy atom. The maximum absolute atomic E-state index is 11.7. The average molecular weight is 346 g/mol. The zero-order valence-corrected chi connectivity index (χ0v) is 13.9. The summed E-state index contributed by atoms with van der Waals surface area (Å²) in [6, 6.07) is 6.20. The molecule has 1 aromatic carbocycles. The third-order valence-electron chi connectivity index (χ3n) is 4.09. The molecular formula is C17H18N2O4S. The standard InChI is InChI=1S/C17H18N2O4S/c1-24(22,23)12-7-9-15(20)14(10-12)18-19-17-13-5-3-2-4-11(13)6-8-16(17)21/h2-9,14,16-17,20-21H,10H2,1H3. The van der Waals surface area contributed by atoms with E-state index in [1.54, 1.807) is 6.08 Å². The van der Waals surface area contributed by atoms with Crippen LogP contribution >= 0.6 is 0 Å². The van der Waals surface area contributed by atoms with E-state index < -0.39 is 28.0 Å². The van der Waals surface area contributed by atoms with E-state index in [4.69, 9.17) is 0 Å². The Balaban J connectivity index is 1.85. The summed E-state index contributed by atoms with van der Waals surface area (Å²) in [5.74, 6) is -0.0414. The molecule has 3 rings (SSSR count). The molecule has 2 N–H and O–H groups in total. The fourth-order valence-electron chi connectivity index (χ4n) is 2.73. The minimum absolute atomic E-state index is 0.0414. The first kappa shape index (κ1) is 16.6. The van der Waals surface area contributed by atoms with Crippen molar-refractivity contribution in [2.24, 2.45) is 10.2 Å². The molecule has 0 fully saturated rings. The smallest absolute Gasteiger partial charge is 0.171 e. The van der Waals surface area contributed by atoms with Crippen molar-refractivity contribution in [1.29, 1.82) is 0 Å². The molecule has 0 aromatic heterocycles. The van der Waals surface area contributed by atoms with Gasteiger partial charge < -0.3 is 10.2 Å². The van der Waals surface area contributed by atoms with E-state index in [-0.39, 0.29) is 17.1 Å². The van der Waals surface area contributed by atoms with Gasteiger partial charge in [-0.3, -0.25) is 0 Å². The van der Waals surface area contributed by atoms with Gasteiger partial charge >= 0.3 is 0 Å². The number of sulfone groups is 1. The summed E-state index contributed by atoms with van der Waals surface area (Å²) in [4.78, 5) is 0.203. The van der Waals surface area contributed by atoms with Crippen LogP contribution in [0, 0.1) is 0 Å². The molecule has 0 bridgehead atoms. The molecule has 7 heteroatoms. The SMILES string of the molecule is CS(=O)(=O)C1=CC=C(O)C(N=NC2c3ccccc3C=CC2O)C1. The average Bonchev–Trinajstić information content (AvgIpc) is 2.54. The zero-order valence-electron chi connectivity index (χ0n) is 13.1. The lowest BCUT2D eigenvalue weighted by molar-refractivity contribution is 0.187. The second kappa shape index (κ2) is 6.33. The van der Waals surface area contributed by atoms with Gasteiger partial charge in [0, 0.05) is 17.6 Å². The molecule has 126 valence electrons. The van der Waals surface area contributed by atoms with Crippen molar-refractivity contribution < 1.29 is 18.6 Å². The first-order valence-corrected chi connectivity index (χ1v) is 9.40. The van der Waals surface area contributed by atoms with Crippen LogP contribution in [0.25, 0.3) is 6.08 Å². The lowest BCUT2D eigenvalue weighted by Crippen LogP contribution is -2.20. The number of hydrogen-bond acceptors (Lipinski definition) is 6. The normalized spacial score (nSPS) is 26.8. The van der Waals surface area contributed by atoms with Crippen LogP contribution in [0.2, 0.25) is 0 Å². The number of fused-ring (bicyclic) bond motifs is 1. The highest BCUT2D eigenvalue weighted by molar-refractivity contribution is 7.94. The van der Waals surface area contributed by atoms with E-state index >= 15 is 0 Å². The lowest BCUT2D eigenvalue weighted by Gasteiger charge is -2.23. The van der Waals surface area contributed by atoms with Gasteiger partial charge in [0.1, 0.15) is 23.9 Å². The van der Waals surface area contributed by atoms with Crippen molar-refractivity contribution in [2.45, 2.75) is 24.6 Å². The van der Waals surface area contributed by atoms with Crippen LogP contribution in [-0.2, 0) is 9.84 Å². The summed E-state index contributed by atoms with van der Waals surface area (Å²) in [6.07, 6.45) is 6.54. The van der Waals surface area contributed by atoms with Crippen LogP contribution in [-0.4, -0.2) is 37.0 Å². The van der Waals surface area contributed by atoms with Crippen molar-refractivity contribution in [3.05, 3.63) is 64.3 Å². The van der Waals surface area contributed by atoms with E-state index in [9.17, 15) is 18.6 Å². The summed E-state index contributed by atoms with van der Waals surface area (Å²) < 4.78 is 23.3. The van der Waals surface area contributed by atoms with E-state index in [2.05, 4.69) is 10.2 Å². The number of nitrogens with zero attached hydrogens (tertiary/aromatic N) is 2. The molecule has 2 aliphatic carbocycles. The van der Waals surface area contributed by atoms with Gasteiger partial charge in [-0.15, -0.1) is 0 Å². The number of allylic oxidation sites excluding steroid dienone is 2. The molecule has 24 heavy (non-hydrogen) atoms. The van der Waals surface area contributed by atoms with Gasteiger partial charge in [-0.05, 0) is 23.3 Å². The molecule has 3 unspecified atom stereocenters. The molecule has 0 radical (unpaired) electrons. The number of benzene rings is 1. The van der Waals surface area contributed by atoms with Crippen molar-refractivity contribution in [2.75, 3.05) is 6.26 Å². The highest BCUT2D eigenvalue weighted by atomic mass is 32.2. The number of aliphatic hydroxyl groups is 2. The molecule has 1 aromatic rings. The lowest BCUT2D eigenvalue weighted by atomic mass is 9.91. The fraction of sp³-hybridized carbons (Fsp3) is 0.294. The van der Waals surface area contributed by atoms with E-state index in [1.807, 2.05) is 30.3 Å². The molecule has 0 amide bonds. The minimum Gasteiger partial charge on any atom is -0.510 e. The van der Waals surface area contributed by atoms with Crippen molar-refractivity contribution >= 4 is 15.9 Å². The van der Waals surface area contributed by atoms with Crippen LogP contribution < -0.4 is 0 Å². The minimum atomic E-state index is -3.34. The Morgan fingerprint density at radius 2 is 1.92 bits per heavy atom. The molecule has 0 heterocycles. The number of aliphatic hydroxyl groups excluding tert-OH is 2. The summed E-state index contributed by atoms with van der Waals surface area (Å²) in [5.41, 5.74) is 1.79. The predicted molar refractivity (Wildman–Crippen MR) is 91.1 cm³/mol. The monoisotopic (exact) mass is 346 g/mol. The largest absolute Gasteiger partial charge is 0.510 e. The molecule has 0 aliphatic heterocycles. The quantitative estimate of drug-likeness (QED) is 0.822. The highest BCUT2D eigenvalue weighted by Gasteiger charge is 2.27. The second-order valence-corrected chi connectivity index (χ2v) is 7.94. The Labute approximate surface area is 140 Å². The van der Waals surface area contributed by atoms with E-state index in [1.165, 1.54) is 12.2 Å². The topological polar surface area (TPSA) is 99.3 Å². The van der Waals surface area contributed by atoms with Gasteiger partial charge in [-0.2, -0.15) is 10.2 Å². The summed E-state index contributed by atoms with van der Waals surface area (Å²) in [7, 11) is -3.34. The molecule has 0 saturated heterocycles. The van der Waals surface area contributed by atoms with Crippen LogP contribution in [0.5, 0.6) is 0 Å². The molecule has 2 aliphatic rings. The van der Waals surface area contributed by atoms with E-state index in [0.29, 0.717) is 0 Å². The van der Waals surface area contributed by atoms with Gasteiger partial charge in [-0.25, -0.2) is 8.42 Å². The van der Waals surface area contributed by atoms with Crippen molar-refractivity contribution in [3.63, 3.8) is 0 Å². The van der Waals surface area contributed by atoms with Gasteiger partial charge in [0.2, 0.25) is 0 Å². The predicted octanol–water partition coefficient (Wildman–Crippen LogP) is 2.71. The first-order chi connectivity index (χ1) is 11.4. The molecular weight excluding hydrogens is 328 g/mol. The number of hydrogen-bond donors (Lipinski definition) is 2. The van der Waals surface area contributed by atoms with Gasteiger partial charge in [0.25, 0.3) is 0 Å². The highest BCUT2D eigenvalue weighted by Crippen LogP contribution is 2.32. The van der Waals surface area contributed by atoms with Gasteiger partial charge in [0.15, 0.2) is 9.84 Å². The molecule has 0 spiro atoms. The van der Waals surface area contributed by atoms with Crippen molar-refractivity contribution in [3.8, 4) is 0 Å². The first-order valence-electron chi connectivity index (χ1n) is 7.51. The second-order valence-electron chi connectivity index (χ2n) is 5.87. The number of rotatable bonds is 3. The summed E-state index contributed by atoms with van der Waals surface area (Å²) >= 11 is 0. The molecule has 6 nitrogen and oxygen atoms in total. The van der Waals surface area contributed by atoms with Gasteiger partial charge in [0.05, 0.1) is 0 Å². The maximum atomic E-state index is 11.7. The molecule has 0 saturated carbocycles. The van der Waals surface area contributed by atoms with Crippen LogP contribution in [0.4, 0.5) is 0 Å². The zero-order chi connectivity index (χ0) is 17.3. The maximum Gasteiger partial charge on any atom is 0.171 e. The van der Waals surface area contributed by atoms with Gasteiger partial charge in [-0.1, -0.05) is 36.4 Å². The third-order valence-corrected chi connectivity index (χ3v) is 5.35.